The first kappa shape index (κ1) is 9.96. The van der Waals surface area contributed by atoms with Gasteiger partial charge in [0.1, 0.15) is 6.10 Å². The first-order valence-corrected chi connectivity index (χ1v) is 4.78. The van der Waals surface area contributed by atoms with Gasteiger partial charge in [0.2, 0.25) is 0 Å². The van der Waals surface area contributed by atoms with Crippen molar-refractivity contribution in [3.8, 4) is 0 Å². The molecule has 0 amide bonds. The van der Waals surface area contributed by atoms with Crippen molar-refractivity contribution in [2.75, 3.05) is 19.8 Å². The van der Waals surface area contributed by atoms with E-state index in [9.17, 15) is 0 Å². The van der Waals surface area contributed by atoms with Crippen LogP contribution in [0.2, 0.25) is 0 Å². The zero-order valence-electron chi connectivity index (χ0n) is 7.79. The van der Waals surface area contributed by atoms with Crippen LogP contribution in [0.15, 0.2) is 0 Å². The molecule has 0 aromatic carbocycles. The Labute approximate surface area is 74.2 Å². The van der Waals surface area contributed by atoms with E-state index in [0.717, 1.165) is 39.1 Å². The summed E-state index contributed by atoms with van der Waals surface area (Å²) in [5, 5.41) is 0. The third-order valence-electron chi connectivity index (χ3n) is 2.20. The van der Waals surface area contributed by atoms with Crippen molar-refractivity contribution in [3.05, 3.63) is 0 Å². The van der Waals surface area contributed by atoms with Gasteiger partial charge in [-0.15, -0.1) is 0 Å². The van der Waals surface area contributed by atoms with E-state index in [1.807, 2.05) is 0 Å². The second-order valence-electron chi connectivity index (χ2n) is 3.34. The average molecular weight is 173 g/mol. The summed E-state index contributed by atoms with van der Waals surface area (Å²) in [4.78, 5) is 0. The lowest BCUT2D eigenvalue weighted by Gasteiger charge is -2.26. The summed E-state index contributed by atoms with van der Waals surface area (Å²) in [6.07, 6.45) is 3.57. The Morgan fingerprint density at radius 2 is 2.33 bits per heavy atom. The van der Waals surface area contributed by atoms with Gasteiger partial charge in [-0.2, -0.15) is 0 Å². The Morgan fingerprint density at radius 1 is 1.58 bits per heavy atom. The van der Waals surface area contributed by atoms with Gasteiger partial charge in [-0.1, -0.05) is 6.92 Å². The maximum atomic E-state index is 5.76. The van der Waals surface area contributed by atoms with Crippen LogP contribution in [-0.4, -0.2) is 32.0 Å². The van der Waals surface area contributed by atoms with Crippen LogP contribution in [0.5, 0.6) is 0 Å². The summed E-state index contributed by atoms with van der Waals surface area (Å²) in [7, 11) is 0. The standard InChI is InChI=1S/C9H19NO2/c1-2-8(10)4-3-5-12-9-6-11-7-9/h8-9H,2-7,10H2,1H3. The minimum absolute atomic E-state index is 0.353. The van der Waals surface area contributed by atoms with Gasteiger partial charge in [0.05, 0.1) is 13.2 Å². The third kappa shape index (κ3) is 3.52. The van der Waals surface area contributed by atoms with E-state index in [1.54, 1.807) is 0 Å². The van der Waals surface area contributed by atoms with Crippen molar-refractivity contribution in [2.24, 2.45) is 5.73 Å². The Hall–Kier alpha value is -0.120. The minimum atomic E-state index is 0.353. The molecule has 1 atom stereocenters. The predicted octanol–water partition coefficient (Wildman–Crippen LogP) is 0.919. The van der Waals surface area contributed by atoms with E-state index in [2.05, 4.69) is 6.92 Å². The summed E-state index contributed by atoms with van der Waals surface area (Å²) in [5.74, 6) is 0. The molecule has 1 aliphatic heterocycles. The molecule has 3 heteroatoms. The lowest BCUT2D eigenvalue weighted by Crippen LogP contribution is -2.36. The highest BCUT2D eigenvalue weighted by atomic mass is 16.6. The minimum Gasteiger partial charge on any atom is -0.376 e. The van der Waals surface area contributed by atoms with Crippen molar-refractivity contribution in [2.45, 2.75) is 38.3 Å². The van der Waals surface area contributed by atoms with Gasteiger partial charge < -0.3 is 15.2 Å². The van der Waals surface area contributed by atoms with Crippen LogP contribution in [0, 0.1) is 0 Å². The Bertz CT molecular complexity index is 108. The van der Waals surface area contributed by atoms with Gasteiger partial charge in [-0.05, 0) is 19.3 Å². The van der Waals surface area contributed by atoms with Crippen LogP contribution >= 0.6 is 0 Å². The molecule has 1 unspecified atom stereocenters. The molecule has 1 saturated heterocycles. The zero-order valence-corrected chi connectivity index (χ0v) is 7.79. The number of nitrogens with two attached hydrogens (primary N) is 1. The number of hydrogen-bond donors (Lipinski definition) is 1. The van der Waals surface area contributed by atoms with E-state index in [4.69, 9.17) is 15.2 Å². The fraction of sp³-hybridized carbons (Fsp3) is 1.00. The van der Waals surface area contributed by atoms with Gasteiger partial charge in [-0.25, -0.2) is 0 Å². The topological polar surface area (TPSA) is 44.5 Å². The summed E-state index contributed by atoms with van der Waals surface area (Å²) in [6.45, 7) is 4.51. The molecule has 2 N–H and O–H groups in total. The fourth-order valence-corrected chi connectivity index (χ4v) is 1.11. The highest BCUT2D eigenvalue weighted by Gasteiger charge is 2.18. The molecule has 12 heavy (non-hydrogen) atoms. The summed E-state index contributed by atoms with van der Waals surface area (Å²) >= 11 is 0. The van der Waals surface area contributed by atoms with Gasteiger partial charge in [0.15, 0.2) is 0 Å². The second kappa shape index (κ2) is 5.51. The van der Waals surface area contributed by atoms with E-state index in [1.165, 1.54) is 0 Å². The van der Waals surface area contributed by atoms with Gasteiger partial charge >= 0.3 is 0 Å². The maximum Gasteiger partial charge on any atom is 0.104 e. The van der Waals surface area contributed by atoms with Crippen LogP contribution in [-0.2, 0) is 9.47 Å². The first-order chi connectivity index (χ1) is 5.83. The van der Waals surface area contributed by atoms with Crippen LogP contribution in [0.25, 0.3) is 0 Å². The van der Waals surface area contributed by atoms with E-state index < -0.39 is 0 Å². The SMILES string of the molecule is CCC(N)CCCOC1COC1. The summed E-state index contributed by atoms with van der Waals surface area (Å²) < 4.78 is 10.5. The smallest absolute Gasteiger partial charge is 0.104 e. The van der Waals surface area contributed by atoms with E-state index >= 15 is 0 Å². The Morgan fingerprint density at radius 3 is 2.83 bits per heavy atom. The molecule has 1 fully saturated rings. The normalized spacial score (nSPS) is 20.5. The molecule has 0 bridgehead atoms. The van der Waals surface area contributed by atoms with Crippen molar-refractivity contribution < 1.29 is 9.47 Å². The molecule has 72 valence electrons. The molecule has 3 nitrogen and oxygen atoms in total. The van der Waals surface area contributed by atoms with Crippen molar-refractivity contribution in [3.63, 3.8) is 0 Å². The largest absolute Gasteiger partial charge is 0.376 e. The third-order valence-corrected chi connectivity index (χ3v) is 2.20. The van der Waals surface area contributed by atoms with Crippen LogP contribution in [0.1, 0.15) is 26.2 Å². The van der Waals surface area contributed by atoms with Crippen molar-refractivity contribution >= 4 is 0 Å². The molecule has 0 aromatic rings. The van der Waals surface area contributed by atoms with Crippen LogP contribution in [0.4, 0.5) is 0 Å². The molecular weight excluding hydrogens is 154 g/mol. The monoisotopic (exact) mass is 173 g/mol. The van der Waals surface area contributed by atoms with Gasteiger partial charge in [0.25, 0.3) is 0 Å². The Balaban J connectivity index is 1.82. The molecule has 1 rings (SSSR count). The summed E-state index contributed by atoms with van der Waals surface area (Å²) in [6, 6.07) is 0.353. The van der Waals surface area contributed by atoms with Crippen LogP contribution < -0.4 is 5.73 Å². The van der Waals surface area contributed by atoms with Crippen molar-refractivity contribution in [1.29, 1.82) is 0 Å². The molecular formula is C9H19NO2. The first-order valence-electron chi connectivity index (χ1n) is 4.78. The maximum absolute atomic E-state index is 5.76. The Kier molecular flexibility index (Phi) is 4.58. The molecule has 1 heterocycles. The summed E-state index contributed by atoms with van der Waals surface area (Å²) in [5.41, 5.74) is 5.76. The molecule has 1 aliphatic rings. The van der Waals surface area contributed by atoms with E-state index in [0.29, 0.717) is 12.1 Å². The molecule has 0 saturated carbocycles. The number of ether oxygens (including phenoxy) is 2. The van der Waals surface area contributed by atoms with Crippen LogP contribution in [0.3, 0.4) is 0 Å². The lowest BCUT2D eigenvalue weighted by molar-refractivity contribution is -0.130. The number of rotatable bonds is 6. The predicted molar refractivity (Wildman–Crippen MR) is 48.1 cm³/mol. The fourth-order valence-electron chi connectivity index (χ4n) is 1.11. The van der Waals surface area contributed by atoms with Gasteiger partial charge in [-0.3, -0.25) is 0 Å². The highest BCUT2D eigenvalue weighted by molar-refractivity contribution is 4.64. The molecule has 0 radical (unpaired) electrons. The molecule has 0 spiro atoms. The molecule has 0 aromatic heterocycles. The highest BCUT2D eigenvalue weighted by Crippen LogP contribution is 2.07. The second-order valence-corrected chi connectivity index (χ2v) is 3.34. The zero-order chi connectivity index (χ0) is 8.81. The lowest BCUT2D eigenvalue weighted by atomic mass is 10.1. The van der Waals surface area contributed by atoms with Crippen molar-refractivity contribution in [1.82, 2.24) is 0 Å². The quantitative estimate of drug-likeness (QED) is 0.607. The van der Waals surface area contributed by atoms with Gasteiger partial charge in [0, 0.05) is 12.6 Å². The number of hydrogen-bond acceptors (Lipinski definition) is 3. The average Bonchev–Trinajstić information content (AvgIpc) is 2.00. The molecule has 0 aliphatic carbocycles. The van der Waals surface area contributed by atoms with E-state index in [-0.39, 0.29) is 0 Å².